The summed E-state index contributed by atoms with van der Waals surface area (Å²) >= 11 is 0. The second-order valence-electron chi connectivity index (χ2n) is 4.63. The van der Waals surface area contributed by atoms with E-state index in [1.54, 1.807) is 31.5 Å². The number of hydrogen-bond acceptors (Lipinski definition) is 3. The number of carboxylic acid groups (broad SMARTS) is 1. The van der Waals surface area contributed by atoms with Crippen LogP contribution >= 0.6 is 0 Å². The third kappa shape index (κ3) is 2.05. The van der Waals surface area contributed by atoms with Crippen LogP contribution in [0.25, 0.3) is 0 Å². The van der Waals surface area contributed by atoms with Crippen LogP contribution in [0.2, 0.25) is 0 Å². The fraction of sp³-hybridized carbons (Fsp3) is 0.538. The lowest BCUT2D eigenvalue weighted by Gasteiger charge is -2.37. The Balaban J connectivity index is 2.41. The first-order valence-corrected chi connectivity index (χ1v) is 6.01. The zero-order valence-electron chi connectivity index (χ0n) is 10.3. The predicted octanol–water partition coefficient (Wildman–Crippen LogP) is 1.87. The van der Waals surface area contributed by atoms with Gasteiger partial charge >= 0.3 is 5.97 Å². The summed E-state index contributed by atoms with van der Waals surface area (Å²) in [6.07, 6.45) is 5.50. The largest absolute Gasteiger partial charge is 0.480 e. The van der Waals surface area contributed by atoms with Crippen molar-refractivity contribution in [2.75, 3.05) is 6.54 Å². The molecule has 0 aliphatic heterocycles. The van der Waals surface area contributed by atoms with Crippen molar-refractivity contribution in [3.05, 3.63) is 30.1 Å². The monoisotopic (exact) mass is 234 g/mol. The maximum absolute atomic E-state index is 11.7. The molecule has 0 saturated heterocycles. The molecule has 1 aliphatic carbocycles. The molecular formula is C13H18N2O2. The molecule has 1 N–H and O–H groups in total. The van der Waals surface area contributed by atoms with Crippen LogP contribution in [-0.2, 0) is 10.3 Å². The second kappa shape index (κ2) is 4.45. The molecule has 4 heteroatoms. The number of hydrogen-bond donors (Lipinski definition) is 1. The van der Waals surface area contributed by atoms with E-state index in [0.29, 0.717) is 6.04 Å². The van der Waals surface area contributed by atoms with E-state index in [9.17, 15) is 9.90 Å². The molecule has 1 heterocycles. The predicted molar refractivity (Wildman–Crippen MR) is 64.6 cm³/mol. The van der Waals surface area contributed by atoms with Crippen molar-refractivity contribution in [1.29, 1.82) is 0 Å². The highest BCUT2D eigenvalue weighted by molar-refractivity contribution is 5.80. The zero-order chi connectivity index (χ0) is 12.5. The standard InChI is InChI=1S/C13H18N2O2/c1-3-15(11-4-5-11)13(2,12(16)17)10-6-8-14-9-7-10/h6-9,11H,3-5H2,1-2H3,(H,16,17). The van der Waals surface area contributed by atoms with E-state index in [0.717, 1.165) is 24.9 Å². The van der Waals surface area contributed by atoms with Gasteiger partial charge in [0, 0.05) is 18.4 Å². The maximum Gasteiger partial charge on any atom is 0.328 e. The number of aromatic nitrogens is 1. The lowest BCUT2D eigenvalue weighted by molar-refractivity contribution is -0.151. The molecule has 1 atom stereocenters. The van der Waals surface area contributed by atoms with Gasteiger partial charge in [0.05, 0.1) is 0 Å². The third-order valence-electron chi connectivity index (χ3n) is 3.56. The Morgan fingerprint density at radius 1 is 1.53 bits per heavy atom. The van der Waals surface area contributed by atoms with Gasteiger partial charge in [0.25, 0.3) is 0 Å². The highest BCUT2D eigenvalue weighted by Gasteiger charge is 2.46. The topological polar surface area (TPSA) is 53.4 Å². The Labute approximate surface area is 101 Å². The van der Waals surface area contributed by atoms with Gasteiger partial charge in [-0.15, -0.1) is 0 Å². The van der Waals surface area contributed by atoms with Crippen molar-refractivity contribution >= 4 is 5.97 Å². The Bertz CT molecular complexity index is 403. The molecule has 0 aromatic carbocycles. The smallest absolute Gasteiger partial charge is 0.328 e. The van der Waals surface area contributed by atoms with Crippen LogP contribution in [0, 0.1) is 0 Å². The van der Waals surface area contributed by atoms with E-state index in [1.165, 1.54) is 0 Å². The molecule has 1 fully saturated rings. The number of carbonyl (C=O) groups is 1. The number of aliphatic carboxylic acids is 1. The van der Waals surface area contributed by atoms with E-state index in [1.807, 2.05) is 6.92 Å². The average Bonchev–Trinajstić information content (AvgIpc) is 3.15. The van der Waals surface area contributed by atoms with E-state index in [2.05, 4.69) is 9.88 Å². The van der Waals surface area contributed by atoms with Gasteiger partial charge in [-0.25, -0.2) is 4.79 Å². The van der Waals surface area contributed by atoms with Crippen LogP contribution in [0.1, 0.15) is 32.3 Å². The van der Waals surface area contributed by atoms with Gasteiger partial charge in [-0.3, -0.25) is 9.88 Å². The van der Waals surface area contributed by atoms with Crippen molar-refractivity contribution in [2.45, 2.75) is 38.3 Å². The lowest BCUT2D eigenvalue weighted by atomic mass is 9.90. The molecule has 92 valence electrons. The van der Waals surface area contributed by atoms with Gasteiger partial charge in [0.15, 0.2) is 0 Å². The fourth-order valence-electron chi connectivity index (χ4n) is 2.41. The van der Waals surface area contributed by atoms with Crippen LogP contribution < -0.4 is 0 Å². The Morgan fingerprint density at radius 2 is 2.12 bits per heavy atom. The van der Waals surface area contributed by atoms with Gasteiger partial charge in [0.2, 0.25) is 0 Å². The van der Waals surface area contributed by atoms with E-state index in [-0.39, 0.29) is 0 Å². The molecule has 1 saturated carbocycles. The summed E-state index contributed by atoms with van der Waals surface area (Å²) in [5.74, 6) is -0.794. The van der Waals surface area contributed by atoms with E-state index in [4.69, 9.17) is 0 Å². The van der Waals surface area contributed by atoms with Gasteiger partial charge in [-0.2, -0.15) is 0 Å². The first-order valence-electron chi connectivity index (χ1n) is 6.01. The Morgan fingerprint density at radius 3 is 2.53 bits per heavy atom. The molecule has 0 amide bonds. The summed E-state index contributed by atoms with van der Waals surface area (Å²) < 4.78 is 0. The Hall–Kier alpha value is -1.42. The number of pyridine rings is 1. The van der Waals surface area contributed by atoms with Gasteiger partial charge in [-0.1, -0.05) is 6.92 Å². The molecule has 1 aliphatic rings. The molecule has 0 radical (unpaired) electrons. The van der Waals surface area contributed by atoms with E-state index >= 15 is 0 Å². The quantitative estimate of drug-likeness (QED) is 0.845. The van der Waals surface area contributed by atoms with Crippen molar-refractivity contribution in [1.82, 2.24) is 9.88 Å². The fourth-order valence-corrected chi connectivity index (χ4v) is 2.41. The normalized spacial score (nSPS) is 19.0. The third-order valence-corrected chi connectivity index (χ3v) is 3.56. The highest BCUT2D eigenvalue weighted by Crippen LogP contribution is 2.38. The van der Waals surface area contributed by atoms with Crippen LogP contribution in [0.4, 0.5) is 0 Å². The average molecular weight is 234 g/mol. The molecular weight excluding hydrogens is 216 g/mol. The molecule has 1 unspecified atom stereocenters. The molecule has 4 nitrogen and oxygen atoms in total. The minimum Gasteiger partial charge on any atom is -0.480 e. The number of carboxylic acids is 1. The maximum atomic E-state index is 11.7. The van der Waals surface area contributed by atoms with Crippen molar-refractivity contribution in [2.24, 2.45) is 0 Å². The molecule has 0 spiro atoms. The number of nitrogens with zero attached hydrogens (tertiary/aromatic N) is 2. The van der Waals surface area contributed by atoms with Crippen LogP contribution in [-0.4, -0.2) is 33.5 Å². The summed E-state index contributed by atoms with van der Waals surface area (Å²) in [5.41, 5.74) is -0.146. The highest BCUT2D eigenvalue weighted by atomic mass is 16.4. The second-order valence-corrected chi connectivity index (χ2v) is 4.63. The van der Waals surface area contributed by atoms with E-state index < -0.39 is 11.5 Å². The summed E-state index contributed by atoms with van der Waals surface area (Å²) in [5, 5.41) is 9.60. The van der Waals surface area contributed by atoms with Gasteiger partial charge < -0.3 is 5.11 Å². The first-order chi connectivity index (χ1) is 8.10. The number of likely N-dealkylation sites (N-methyl/N-ethyl adjacent to an activating group) is 1. The SMILES string of the molecule is CCN(C1CC1)C(C)(C(=O)O)c1ccncc1. The molecule has 1 aromatic rings. The summed E-state index contributed by atoms with van der Waals surface area (Å²) in [4.78, 5) is 17.7. The van der Waals surface area contributed by atoms with Crippen LogP contribution in [0.3, 0.4) is 0 Å². The molecule has 0 bridgehead atoms. The molecule has 1 aromatic heterocycles. The van der Waals surface area contributed by atoms with Crippen molar-refractivity contribution < 1.29 is 9.90 Å². The van der Waals surface area contributed by atoms with Crippen LogP contribution in [0.5, 0.6) is 0 Å². The van der Waals surface area contributed by atoms with Crippen molar-refractivity contribution in [3.63, 3.8) is 0 Å². The minimum absolute atomic E-state index is 0.411. The first kappa shape index (κ1) is 12.0. The van der Waals surface area contributed by atoms with Crippen LogP contribution in [0.15, 0.2) is 24.5 Å². The minimum atomic E-state index is -0.946. The molecule has 17 heavy (non-hydrogen) atoms. The summed E-state index contributed by atoms with van der Waals surface area (Å²) in [6.45, 7) is 4.54. The summed E-state index contributed by atoms with van der Waals surface area (Å²) in [6, 6.07) is 3.99. The summed E-state index contributed by atoms with van der Waals surface area (Å²) in [7, 11) is 0. The van der Waals surface area contributed by atoms with Crippen molar-refractivity contribution in [3.8, 4) is 0 Å². The Kier molecular flexibility index (Phi) is 3.15. The molecule has 2 rings (SSSR count). The zero-order valence-corrected chi connectivity index (χ0v) is 10.3. The van der Waals surface area contributed by atoms with Gasteiger partial charge in [-0.05, 0) is 44.0 Å². The lowest BCUT2D eigenvalue weighted by Crippen LogP contribution is -2.50. The number of rotatable bonds is 5. The van der Waals surface area contributed by atoms with Gasteiger partial charge in [0.1, 0.15) is 5.54 Å².